The molecule has 6 nitrogen and oxygen atoms in total. The monoisotopic (exact) mass is 729 g/mol. The standard InChI is InChI=1S/C51H31N5O/c1-3-14-32(15-4-1)49-52-50(33-16-5-2-6-17-33)54-51(53-49)56-44-24-11-8-21-38(44)41-30-45-40(31-46(41)56)37-20-7-10-23-43(37)55(45)36-19-13-18-34(28-36)35-26-27-48-42(29-35)39-22-9-12-25-47(39)57-48/h1-31H. The van der Waals surface area contributed by atoms with Crippen LogP contribution in [0.25, 0.3) is 111 Å². The zero-order valence-electron chi connectivity index (χ0n) is 30.5. The molecule has 0 N–H and O–H groups in total. The summed E-state index contributed by atoms with van der Waals surface area (Å²) in [6.07, 6.45) is 0. The van der Waals surface area contributed by atoms with Gasteiger partial charge in [-0.3, -0.25) is 4.57 Å². The van der Waals surface area contributed by atoms with Crippen molar-refractivity contribution in [2.75, 3.05) is 0 Å². The van der Waals surface area contributed by atoms with Crippen molar-refractivity contribution in [1.29, 1.82) is 0 Å². The zero-order chi connectivity index (χ0) is 37.5. The van der Waals surface area contributed by atoms with E-state index in [-0.39, 0.29) is 0 Å². The quantitative estimate of drug-likeness (QED) is 0.177. The average Bonchev–Trinajstić information content (AvgIpc) is 3.93. The van der Waals surface area contributed by atoms with Gasteiger partial charge in [0.05, 0.1) is 22.1 Å². The summed E-state index contributed by atoms with van der Waals surface area (Å²) in [5, 5.41) is 6.82. The van der Waals surface area contributed by atoms with Gasteiger partial charge in [-0.1, -0.05) is 133 Å². The van der Waals surface area contributed by atoms with E-state index in [0.29, 0.717) is 17.6 Å². The molecule has 266 valence electrons. The highest BCUT2D eigenvalue weighted by atomic mass is 16.3. The largest absolute Gasteiger partial charge is 0.456 e. The number of rotatable bonds is 5. The van der Waals surface area contributed by atoms with Gasteiger partial charge in [0.2, 0.25) is 5.95 Å². The van der Waals surface area contributed by atoms with E-state index in [0.717, 1.165) is 88.1 Å². The first-order chi connectivity index (χ1) is 28.2. The summed E-state index contributed by atoms with van der Waals surface area (Å²) in [5.41, 5.74) is 11.4. The number of aromatic nitrogens is 5. The third kappa shape index (κ3) is 4.94. The minimum atomic E-state index is 0.576. The molecule has 12 rings (SSSR count). The number of fused-ring (bicyclic) bond motifs is 9. The molecule has 0 aliphatic carbocycles. The highest BCUT2D eigenvalue weighted by Gasteiger charge is 2.21. The van der Waals surface area contributed by atoms with Crippen molar-refractivity contribution in [1.82, 2.24) is 24.1 Å². The molecular weight excluding hydrogens is 699 g/mol. The molecule has 4 heterocycles. The predicted octanol–water partition coefficient (Wildman–Crippen LogP) is 13.0. The number of para-hydroxylation sites is 3. The first-order valence-corrected chi connectivity index (χ1v) is 19.1. The highest BCUT2D eigenvalue weighted by Crippen LogP contribution is 2.40. The molecule has 0 fully saturated rings. The Hall–Kier alpha value is -7.83. The maximum Gasteiger partial charge on any atom is 0.238 e. The van der Waals surface area contributed by atoms with Gasteiger partial charge < -0.3 is 8.98 Å². The minimum Gasteiger partial charge on any atom is -0.456 e. The number of hydrogen-bond donors (Lipinski definition) is 0. The smallest absolute Gasteiger partial charge is 0.238 e. The van der Waals surface area contributed by atoms with Crippen molar-refractivity contribution < 1.29 is 4.42 Å². The number of benzene rings is 8. The Balaban J connectivity index is 1.09. The van der Waals surface area contributed by atoms with Gasteiger partial charge >= 0.3 is 0 Å². The Morgan fingerprint density at radius 1 is 0.316 bits per heavy atom. The van der Waals surface area contributed by atoms with E-state index < -0.39 is 0 Å². The van der Waals surface area contributed by atoms with Crippen LogP contribution in [0.2, 0.25) is 0 Å². The lowest BCUT2D eigenvalue weighted by Gasteiger charge is -2.12. The second-order valence-electron chi connectivity index (χ2n) is 14.5. The normalized spacial score (nSPS) is 11.9. The summed E-state index contributed by atoms with van der Waals surface area (Å²) in [4.78, 5) is 15.3. The highest BCUT2D eigenvalue weighted by molar-refractivity contribution is 6.19. The molecule has 0 aliphatic rings. The summed E-state index contributed by atoms with van der Waals surface area (Å²) in [6, 6.07) is 65.7. The Labute approximate surface area is 326 Å². The van der Waals surface area contributed by atoms with Crippen LogP contribution in [-0.2, 0) is 0 Å². The van der Waals surface area contributed by atoms with Crippen molar-refractivity contribution >= 4 is 65.6 Å². The van der Waals surface area contributed by atoms with Crippen LogP contribution in [0, 0.1) is 0 Å². The molecule has 6 heteroatoms. The van der Waals surface area contributed by atoms with Crippen LogP contribution in [0.4, 0.5) is 0 Å². The fourth-order valence-electron chi connectivity index (χ4n) is 8.55. The zero-order valence-corrected chi connectivity index (χ0v) is 30.5. The van der Waals surface area contributed by atoms with Gasteiger partial charge in [0.1, 0.15) is 11.2 Å². The topological polar surface area (TPSA) is 61.7 Å². The van der Waals surface area contributed by atoms with Crippen molar-refractivity contribution in [2.45, 2.75) is 0 Å². The van der Waals surface area contributed by atoms with Crippen LogP contribution in [0.5, 0.6) is 0 Å². The molecule has 0 atom stereocenters. The van der Waals surface area contributed by atoms with Gasteiger partial charge in [-0.25, -0.2) is 4.98 Å². The lowest BCUT2D eigenvalue weighted by molar-refractivity contribution is 0.669. The van der Waals surface area contributed by atoms with Crippen LogP contribution in [0.1, 0.15) is 0 Å². The Bertz CT molecular complexity index is 3470. The Kier molecular flexibility index (Phi) is 6.83. The molecule has 0 unspecified atom stereocenters. The van der Waals surface area contributed by atoms with Crippen LogP contribution in [0.15, 0.2) is 192 Å². The van der Waals surface area contributed by atoms with E-state index in [1.807, 2.05) is 72.8 Å². The maximum absolute atomic E-state index is 6.15. The third-order valence-electron chi connectivity index (χ3n) is 11.2. The lowest BCUT2D eigenvalue weighted by atomic mass is 10.0. The first-order valence-electron chi connectivity index (χ1n) is 19.1. The summed E-state index contributed by atoms with van der Waals surface area (Å²) >= 11 is 0. The predicted molar refractivity (Wildman–Crippen MR) is 232 cm³/mol. The number of hydrogen-bond acceptors (Lipinski definition) is 4. The summed E-state index contributed by atoms with van der Waals surface area (Å²) in [6.45, 7) is 0. The fourth-order valence-corrected chi connectivity index (χ4v) is 8.55. The summed E-state index contributed by atoms with van der Waals surface area (Å²) in [7, 11) is 0. The van der Waals surface area contributed by atoms with Crippen molar-refractivity contribution in [2.24, 2.45) is 0 Å². The Morgan fingerprint density at radius 2 is 0.842 bits per heavy atom. The van der Waals surface area contributed by atoms with E-state index in [9.17, 15) is 0 Å². The lowest BCUT2D eigenvalue weighted by Crippen LogP contribution is -2.06. The summed E-state index contributed by atoms with van der Waals surface area (Å²) < 4.78 is 10.8. The second kappa shape index (κ2) is 12.3. The molecule has 12 aromatic rings. The molecule has 0 saturated carbocycles. The van der Waals surface area contributed by atoms with Gasteiger partial charge in [0.15, 0.2) is 11.6 Å². The van der Waals surface area contributed by atoms with E-state index in [1.165, 1.54) is 5.39 Å². The van der Waals surface area contributed by atoms with Crippen LogP contribution in [0.3, 0.4) is 0 Å². The molecule has 57 heavy (non-hydrogen) atoms. The molecule has 8 aromatic carbocycles. The molecule has 4 aromatic heterocycles. The molecule has 0 saturated heterocycles. The van der Waals surface area contributed by atoms with Gasteiger partial charge in [0, 0.05) is 49.1 Å². The SMILES string of the molecule is c1ccc(-c2nc(-c3ccccc3)nc(-n3c4ccccc4c4cc5c(cc43)c3ccccc3n5-c3cccc(-c4ccc5oc6ccccc6c5c4)c3)n2)cc1. The molecule has 0 radical (unpaired) electrons. The molecule has 0 spiro atoms. The number of furan rings is 1. The van der Waals surface area contributed by atoms with Gasteiger partial charge in [-0.2, -0.15) is 9.97 Å². The van der Waals surface area contributed by atoms with E-state index in [4.69, 9.17) is 19.4 Å². The van der Waals surface area contributed by atoms with Crippen molar-refractivity contribution in [3.63, 3.8) is 0 Å². The van der Waals surface area contributed by atoms with Crippen molar-refractivity contribution in [3.05, 3.63) is 188 Å². The van der Waals surface area contributed by atoms with E-state index >= 15 is 0 Å². The van der Waals surface area contributed by atoms with Crippen molar-refractivity contribution in [3.8, 4) is 45.5 Å². The van der Waals surface area contributed by atoms with Crippen LogP contribution >= 0.6 is 0 Å². The first kappa shape index (κ1) is 31.5. The third-order valence-corrected chi connectivity index (χ3v) is 11.2. The van der Waals surface area contributed by atoms with E-state index in [1.54, 1.807) is 0 Å². The number of nitrogens with zero attached hydrogens (tertiary/aromatic N) is 5. The molecular formula is C51H31N5O. The molecule has 0 bridgehead atoms. The summed E-state index contributed by atoms with van der Waals surface area (Å²) in [5.74, 6) is 1.83. The average molecular weight is 730 g/mol. The second-order valence-corrected chi connectivity index (χ2v) is 14.5. The molecule has 0 aliphatic heterocycles. The molecule has 0 amide bonds. The van der Waals surface area contributed by atoms with Gasteiger partial charge in [-0.15, -0.1) is 0 Å². The van der Waals surface area contributed by atoms with Gasteiger partial charge in [0.25, 0.3) is 0 Å². The van der Waals surface area contributed by atoms with Crippen LogP contribution < -0.4 is 0 Å². The van der Waals surface area contributed by atoms with E-state index in [2.05, 4.69) is 124 Å². The van der Waals surface area contributed by atoms with Gasteiger partial charge in [-0.05, 0) is 65.7 Å². The minimum absolute atomic E-state index is 0.576. The fraction of sp³-hybridized carbons (Fsp3) is 0. The Morgan fingerprint density at radius 3 is 1.53 bits per heavy atom. The maximum atomic E-state index is 6.15. The van der Waals surface area contributed by atoms with Crippen LogP contribution in [-0.4, -0.2) is 24.1 Å².